The van der Waals surface area contributed by atoms with Gasteiger partial charge in [-0.15, -0.1) is 0 Å². The van der Waals surface area contributed by atoms with Crippen LogP contribution in [0.5, 0.6) is 0 Å². The van der Waals surface area contributed by atoms with E-state index in [0.717, 1.165) is 6.20 Å². The van der Waals surface area contributed by atoms with E-state index >= 15 is 0 Å². The molecular formula is C11H13FN2O2. The molecule has 2 rings (SSSR count). The van der Waals surface area contributed by atoms with Crippen LogP contribution in [0, 0.1) is 11.2 Å². The summed E-state index contributed by atoms with van der Waals surface area (Å²) >= 11 is 0. The van der Waals surface area contributed by atoms with Crippen molar-refractivity contribution in [2.45, 2.75) is 6.92 Å². The summed E-state index contributed by atoms with van der Waals surface area (Å²) in [6.45, 7) is 3.85. The van der Waals surface area contributed by atoms with E-state index in [4.69, 9.17) is 4.74 Å². The van der Waals surface area contributed by atoms with Crippen molar-refractivity contribution in [2.24, 2.45) is 5.41 Å². The van der Waals surface area contributed by atoms with Crippen molar-refractivity contribution in [3.63, 3.8) is 0 Å². The monoisotopic (exact) mass is 224 g/mol. The molecular weight excluding hydrogens is 211 g/mol. The van der Waals surface area contributed by atoms with E-state index in [1.807, 2.05) is 6.92 Å². The predicted molar refractivity (Wildman–Crippen MR) is 55.5 cm³/mol. The molecule has 1 aliphatic heterocycles. The summed E-state index contributed by atoms with van der Waals surface area (Å²) < 4.78 is 17.9. The predicted octanol–water partition coefficient (Wildman–Crippen LogP) is 0.987. The fraction of sp³-hybridized carbons (Fsp3) is 0.455. The SMILES string of the molecule is CC1(CNC(=O)c2cncc(F)c2)COC1. The minimum Gasteiger partial charge on any atom is -0.380 e. The average Bonchev–Trinajstić information content (AvgIpc) is 2.23. The maximum absolute atomic E-state index is 12.8. The van der Waals surface area contributed by atoms with Crippen molar-refractivity contribution in [1.29, 1.82) is 0 Å². The van der Waals surface area contributed by atoms with Crippen molar-refractivity contribution in [2.75, 3.05) is 19.8 Å². The molecule has 1 N–H and O–H groups in total. The Morgan fingerprint density at radius 3 is 2.94 bits per heavy atom. The summed E-state index contributed by atoms with van der Waals surface area (Å²) in [5.41, 5.74) is 0.250. The Kier molecular flexibility index (Phi) is 2.87. The lowest BCUT2D eigenvalue weighted by atomic mass is 9.89. The third kappa shape index (κ3) is 2.36. The number of nitrogens with one attached hydrogen (secondary N) is 1. The second-order valence-corrected chi connectivity index (χ2v) is 4.38. The van der Waals surface area contributed by atoms with Gasteiger partial charge >= 0.3 is 0 Å². The van der Waals surface area contributed by atoms with Gasteiger partial charge in [-0.3, -0.25) is 9.78 Å². The molecule has 86 valence electrons. The smallest absolute Gasteiger partial charge is 0.252 e. The summed E-state index contributed by atoms with van der Waals surface area (Å²) in [7, 11) is 0. The highest BCUT2D eigenvalue weighted by atomic mass is 19.1. The summed E-state index contributed by atoms with van der Waals surface area (Å²) in [4.78, 5) is 15.2. The fourth-order valence-corrected chi connectivity index (χ4v) is 1.48. The quantitative estimate of drug-likeness (QED) is 0.832. The number of amides is 1. The van der Waals surface area contributed by atoms with Gasteiger partial charge in [-0.2, -0.15) is 0 Å². The first-order valence-corrected chi connectivity index (χ1v) is 5.06. The van der Waals surface area contributed by atoms with E-state index in [0.29, 0.717) is 19.8 Å². The Morgan fingerprint density at radius 1 is 1.62 bits per heavy atom. The minimum atomic E-state index is -0.508. The molecule has 0 unspecified atom stereocenters. The first kappa shape index (κ1) is 11.0. The van der Waals surface area contributed by atoms with E-state index in [9.17, 15) is 9.18 Å². The minimum absolute atomic E-state index is 0.0103. The summed E-state index contributed by atoms with van der Waals surface area (Å²) in [5, 5.41) is 2.74. The van der Waals surface area contributed by atoms with Crippen molar-refractivity contribution in [3.05, 3.63) is 29.8 Å². The zero-order chi connectivity index (χ0) is 11.6. The molecule has 16 heavy (non-hydrogen) atoms. The number of halogens is 1. The van der Waals surface area contributed by atoms with E-state index < -0.39 is 5.82 Å². The molecule has 4 nitrogen and oxygen atoms in total. The zero-order valence-corrected chi connectivity index (χ0v) is 9.00. The Hall–Kier alpha value is -1.49. The second-order valence-electron chi connectivity index (χ2n) is 4.38. The van der Waals surface area contributed by atoms with E-state index in [1.54, 1.807) is 0 Å². The molecule has 0 atom stereocenters. The van der Waals surface area contributed by atoms with Gasteiger partial charge in [-0.25, -0.2) is 4.39 Å². The van der Waals surface area contributed by atoms with Crippen molar-refractivity contribution in [1.82, 2.24) is 10.3 Å². The number of ether oxygens (including phenoxy) is 1. The van der Waals surface area contributed by atoms with Crippen LogP contribution in [0.25, 0.3) is 0 Å². The number of carbonyl (C=O) groups excluding carboxylic acids is 1. The van der Waals surface area contributed by atoms with Crippen LogP contribution in [0.2, 0.25) is 0 Å². The van der Waals surface area contributed by atoms with Gasteiger partial charge in [0.05, 0.1) is 25.0 Å². The molecule has 1 saturated heterocycles. The van der Waals surface area contributed by atoms with Crippen LogP contribution in [-0.4, -0.2) is 30.6 Å². The Bertz CT molecular complexity index is 405. The Morgan fingerprint density at radius 2 is 2.38 bits per heavy atom. The third-order valence-electron chi connectivity index (χ3n) is 2.54. The van der Waals surface area contributed by atoms with E-state index in [1.165, 1.54) is 12.3 Å². The van der Waals surface area contributed by atoms with E-state index in [2.05, 4.69) is 10.3 Å². The normalized spacial score (nSPS) is 17.6. The number of carbonyl (C=O) groups is 1. The number of aromatic nitrogens is 1. The molecule has 1 aliphatic rings. The molecule has 0 radical (unpaired) electrons. The number of hydrogen-bond donors (Lipinski definition) is 1. The Balaban J connectivity index is 1.93. The zero-order valence-electron chi connectivity index (χ0n) is 9.00. The fourth-order valence-electron chi connectivity index (χ4n) is 1.48. The lowest BCUT2D eigenvalue weighted by molar-refractivity contribution is -0.0978. The van der Waals surface area contributed by atoms with Crippen LogP contribution >= 0.6 is 0 Å². The maximum Gasteiger partial charge on any atom is 0.252 e. The van der Waals surface area contributed by atoms with Crippen molar-refractivity contribution in [3.8, 4) is 0 Å². The van der Waals surface area contributed by atoms with E-state index in [-0.39, 0.29) is 16.9 Å². The standard InChI is InChI=1S/C11H13FN2O2/c1-11(6-16-7-11)5-14-10(15)8-2-9(12)4-13-3-8/h2-4H,5-7H2,1H3,(H,14,15). The summed E-state index contributed by atoms with van der Waals surface area (Å²) in [5.74, 6) is -0.814. The molecule has 0 bridgehead atoms. The highest BCUT2D eigenvalue weighted by Crippen LogP contribution is 2.25. The molecule has 1 aromatic rings. The van der Waals surface area contributed by atoms with Gasteiger partial charge in [0.25, 0.3) is 5.91 Å². The number of pyridine rings is 1. The number of hydrogen-bond acceptors (Lipinski definition) is 3. The lowest BCUT2D eigenvalue weighted by Gasteiger charge is -2.37. The lowest BCUT2D eigenvalue weighted by Crippen LogP contribution is -2.48. The molecule has 0 spiro atoms. The topological polar surface area (TPSA) is 51.2 Å². The van der Waals surface area contributed by atoms with Crippen LogP contribution in [0.1, 0.15) is 17.3 Å². The van der Waals surface area contributed by atoms with Crippen LogP contribution < -0.4 is 5.32 Å². The molecule has 2 heterocycles. The largest absolute Gasteiger partial charge is 0.380 e. The van der Waals surface area contributed by atoms with Crippen LogP contribution in [-0.2, 0) is 4.74 Å². The first-order chi connectivity index (χ1) is 7.59. The third-order valence-corrected chi connectivity index (χ3v) is 2.54. The van der Waals surface area contributed by atoms with Gasteiger partial charge in [0.1, 0.15) is 5.82 Å². The molecule has 5 heteroatoms. The maximum atomic E-state index is 12.8. The van der Waals surface area contributed by atoms with Gasteiger partial charge in [0, 0.05) is 18.2 Å². The van der Waals surface area contributed by atoms with Crippen LogP contribution in [0.3, 0.4) is 0 Å². The van der Waals surface area contributed by atoms with Crippen LogP contribution in [0.4, 0.5) is 4.39 Å². The summed E-state index contributed by atoms with van der Waals surface area (Å²) in [6.07, 6.45) is 2.41. The molecule has 0 saturated carbocycles. The van der Waals surface area contributed by atoms with Gasteiger partial charge in [0.2, 0.25) is 0 Å². The highest BCUT2D eigenvalue weighted by Gasteiger charge is 2.33. The molecule has 0 aliphatic carbocycles. The van der Waals surface area contributed by atoms with Gasteiger partial charge in [0.15, 0.2) is 0 Å². The molecule has 1 amide bonds. The van der Waals surface area contributed by atoms with Gasteiger partial charge in [-0.05, 0) is 6.07 Å². The highest BCUT2D eigenvalue weighted by molar-refractivity contribution is 5.93. The molecule has 1 fully saturated rings. The van der Waals surface area contributed by atoms with Crippen molar-refractivity contribution >= 4 is 5.91 Å². The average molecular weight is 224 g/mol. The Labute approximate surface area is 92.8 Å². The van der Waals surface area contributed by atoms with Crippen molar-refractivity contribution < 1.29 is 13.9 Å². The molecule has 0 aromatic carbocycles. The van der Waals surface area contributed by atoms with Gasteiger partial charge < -0.3 is 10.1 Å². The van der Waals surface area contributed by atoms with Gasteiger partial charge in [-0.1, -0.05) is 6.92 Å². The molecule has 1 aromatic heterocycles. The number of rotatable bonds is 3. The number of nitrogens with zero attached hydrogens (tertiary/aromatic N) is 1. The summed E-state index contributed by atoms with van der Waals surface area (Å²) in [6, 6.07) is 1.17. The van der Waals surface area contributed by atoms with Crippen LogP contribution in [0.15, 0.2) is 18.5 Å². The first-order valence-electron chi connectivity index (χ1n) is 5.06. The second kappa shape index (κ2) is 4.17.